The predicted octanol–water partition coefficient (Wildman–Crippen LogP) is 4.50. The lowest BCUT2D eigenvalue weighted by Crippen LogP contribution is -2.28. The van der Waals surface area contributed by atoms with Crippen LogP contribution in [-0.2, 0) is 6.42 Å². The minimum absolute atomic E-state index is 0.0673. The van der Waals surface area contributed by atoms with Gasteiger partial charge in [0.15, 0.2) is 0 Å². The molecule has 1 aliphatic rings. The second-order valence-electron chi connectivity index (χ2n) is 7.83. The number of carbonyl (C=O) groups is 1. The van der Waals surface area contributed by atoms with Gasteiger partial charge in [0, 0.05) is 31.4 Å². The second kappa shape index (κ2) is 8.52. The second-order valence-corrected chi connectivity index (χ2v) is 7.83. The predicted molar refractivity (Wildman–Crippen MR) is 116 cm³/mol. The first-order valence-electron chi connectivity index (χ1n) is 10.4. The van der Waals surface area contributed by atoms with Crippen LogP contribution in [0.3, 0.4) is 0 Å². The average Bonchev–Trinajstić information content (AvgIpc) is 3.32. The van der Waals surface area contributed by atoms with Gasteiger partial charge in [0.05, 0.1) is 11.4 Å². The van der Waals surface area contributed by atoms with Crippen LogP contribution in [0.15, 0.2) is 54.7 Å². The molecule has 1 saturated heterocycles. The zero-order valence-corrected chi connectivity index (χ0v) is 17.2. The molecule has 0 unspecified atom stereocenters. The summed E-state index contributed by atoms with van der Waals surface area (Å²) in [6, 6.07) is 17.0. The maximum Gasteiger partial charge on any atom is 0.317 e. The van der Waals surface area contributed by atoms with E-state index in [1.807, 2.05) is 9.58 Å². The molecule has 0 bridgehead atoms. The highest BCUT2D eigenvalue weighted by Crippen LogP contribution is 2.26. The van der Waals surface area contributed by atoms with Gasteiger partial charge in [0.1, 0.15) is 0 Å². The highest BCUT2D eigenvalue weighted by molar-refractivity contribution is 5.76. The molecule has 1 N–H and O–H groups in total. The van der Waals surface area contributed by atoms with Crippen molar-refractivity contribution >= 4 is 6.03 Å². The lowest BCUT2D eigenvalue weighted by atomic mass is 10.0. The number of carbonyl (C=O) groups excluding carboxylic acids is 1. The quantitative estimate of drug-likeness (QED) is 0.606. The molecule has 4 rings (SSSR count). The Morgan fingerprint density at radius 2 is 1.86 bits per heavy atom. The summed E-state index contributed by atoms with van der Waals surface area (Å²) in [6.07, 6.45) is 5.13. The molecule has 2 amide bonds. The van der Waals surface area contributed by atoms with Crippen molar-refractivity contribution in [2.24, 2.45) is 0 Å². The monoisotopic (exact) mass is 388 g/mol. The van der Waals surface area contributed by atoms with Crippen LogP contribution in [0, 0.1) is 13.8 Å². The number of hydrogen-bond acceptors (Lipinski definition) is 2. The molecule has 0 spiro atoms. The molecule has 5 nitrogen and oxygen atoms in total. The molecular weight excluding hydrogens is 360 g/mol. The summed E-state index contributed by atoms with van der Waals surface area (Å²) in [4.78, 5) is 13.6. The van der Waals surface area contributed by atoms with E-state index in [2.05, 4.69) is 73.9 Å². The highest BCUT2D eigenvalue weighted by Gasteiger charge is 2.18. The van der Waals surface area contributed by atoms with Crippen molar-refractivity contribution in [3.8, 4) is 16.9 Å². The third-order valence-electron chi connectivity index (χ3n) is 5.45. The van der Waals surface area contributed by atoms with Crippen LogP contribution in [0.1, 0.15) is 29.5 Å². The Labute approximate surface area is 172 Å². The number of benzene rings is 2. The van der Waals surface area contributed by atoms with Gasteiger partial charge in [-0.2, -0.15) is 5.10 Å². The van der Waals surface area contributed by atoms with Gasteiger partial charge in [-0.15, -0.1) is 0 Å². The maximum atomic E-state index is 11.7. The molecule has 2 heterocycles. The largest absolute Gasteiger partial charge is 0.336 e. The molecule has 0 atom stereocenters. The Bertz CT molecular complexity index is 990. The molecule has 0 aliphatic carbocycles. The minimum atomic E-state index is 0.0673. The first-order valence-corrected chi connectivity index (χ1v) is 10.4. The SMILES string of the molecule is Cc1ccc(-n2cc(CCCCN3CCNC3=O)c(-c3cccc(C)c3)n2)cc1. The van der Waals surface area contributed by atoms with Crippen LogP contribution in [0.4, 0.5) is 4.79 Å². The Morgan fingerprint density at radius 1 is 1.03 bits per heavy atom. The van der Waals surface area contributed by atoms with Gasteiger partial charge in [0.2, 0.25) is 0 Å². The van der Waals surface area contributed by atoms with Crippen LogP contribution in [0.2, 0.25) is 0 Å². The zero-order valence-electron chi connectivity index (χ0n) is 17.2. The molecule has 1 aliphatic heterocycles. The van der Waals surface area contributed by atoms with Gasteiger partial charge in [-0.1, -0.05) is 41.5 Å². The van der Waals surface area contributed by atoms with Crippen LogP contribution in [-0.4, -0.2) is 40.3 Å². The van der Waals surface area contributed by atoms with E-state index in [-0.39, 0.29) is 6.03 Å². The van der Waals surface area contributed by atoms with E-state index >= 15 is 0 Å². The average molecular weight is 389 g/mol. The molecule has 29 heavy (non-hydrogen) atoms. The normalized spacial score (nSPS) is 13.7. The van der Waals surface area contributed by atoms with Crippen LogP contribution in [0.5, 0.6) is 0 Å². The van der Waals surface area contributed by atoms with Crippen molar-refractivity contribution < 1.29 is 4.79 Å². The van der Waals surface area contributed by atoms with Crippen molar-refractivity contribution in [1.82, 2.24) is 20.0 Å². The van der Waals surface area contributed by atoms with E-state index in [9.17, 15) is 4.79 Å². The van der Waals surface area contributed by atoms with Crippen molar-refractivity contribution in [3.63, 3.8) is 0 Å². The molecule has 0 radical (unpaired) electrons. The van der Waals surface area contributed by atoms with Crippen molar-refractivity contribution in [2.75, 3.05) is 19.6 Å². The maximum absolute atomic E-state index is 11.7. The summed E-state index contributed by atoms with van der Waals surface area (Å²) in [5.74, 6) is 0. The summed E-state index contributed by atoms with van der Waals surface area (Å²) >= 11 is 0. The number of aryl methyl sites for hydroxylation is 3. The van der Waals surface area contributed by atoms with Gasteiger partial charge in [-0.05, 0) is 56.9 Å². The number of hydrogen-bond donors (Lipinski definition) is 1. The van der Waals surface area contributed by atoms with Crippen molar-refractivity contribution in [1.29, 1.82) is 0 Å². The smallest absolute Gasteiger partial charge is 0.317 e. The first-order chi connectivity index (χ1) is 14.1. The Kier molecular flexibility index (Phi) is 5.65. The Balaban J connectivity index is 1.53. The molecule has 5 heteroatoms. The lowest BCUT2D eigenvalue weighted by Gasteiger charge is -2.13. The number of aromatic nitrogens is 2. The topological polar surface area (TPSA) is 50.2 Å². The van der Waals surface area contributed by atoms with Gasteiger partial charge >= 0.3 is 6.03 Å². The molecule has 1 fully saturated rings. The fourth-order valence-electron chi connectivity index (χ4n) is 3.80. The van der Waals surface area contributed by atoms with Crippen LogP contribution >= 0.6 is 0 Å². The molecule has 1 aromatic heterocycles. The molecule has 150 valence electrons. The first kappa shape index (κ1) is 19.2. The van der Waals surface area contributed by atoms with Gasteiger partial charge in [0.25, 0.3) is 0 Å². The Hall–Kier alpha value is -3.08. The van der Waals surface area contributed by atoms with Gasteiger partial charge in [-0.3, -0.25) is 0 Å². The van der Waals surface area contributed by atoms with Gasteiger partial charge < -0.3 is 10.2 Å². The van der Waals surface area contributed by atoms with Crippen LogP contribution < -0.4 is 5.32 Å². The molecule has 2 aromatic carbocycles. The van der Waals surface area contributed by atoms with Crippen molar-refractivity contribution in [3.05, 3.63) is 71.4 Å². The highest BCUT2D eigenvalue weighted by atomic mass is 16.2. The van der Waals surface area contributed by atoms with E-state index in [0.29, 0.717) is 0 Å². The number of nitrogens with one attached hydrogen (secondary N) is 1. The number of rotatable bonds is 7. The number of unbranched alkanes of at least 4 members (excludes halogenated alkanes) is 1. The van der Waals surface area contributed by atoms with E-state index < -0.39 is 0 Å². The summed E-state index contributed by atoms with van der Waals surface area (Å²) in [5, 5.41) is 7.80. The number of urea groups is 1. The Morgan fingerprint density at radius 3 is 2.59 bits per heavy atom. The van der Waals surface area contributed by atoms with E-state index in [0.717, 1.165) is 55.8 Å². The molecule has 3 aromatic rings. The van der Waals surface area contributed by atoms with E-state index in [1.54, 1.807) is 0 Å². The minimum Gasteiger partial charge on any atom is -0.336 e. The summed E-state index contributed by atoms with van der Waals surface area (Å²) < 4.78 is 1.99. The van der Waals surface area contributed by atoms with Crippen molar-refractivity contribution in [2.45, 2.75) is 33.1 Å². The molecular formula is C24H28N4O. The fourth-order valence-corrected chi connectivity index (χ4v) is 3.80. The summed E-state index contributed by atoms with van der Waals surface area (Å²) in [6.45, 7) is 6.61. The third kappa shape index (κ3) is 4.50. The fraction of sp³-hybridized carbons (Fsp3) is 0.333. The number of nitrogens with zero attached hydrogens (tertiary/aromatic N) is 3. The molecule has 0 saturated carbocycles. The van der Waals surface area contributed by atoms with Gasteiger partial charge in [-0.25, -0.2) is 9.48 Å². The summed E-state index contributed by atoms with van der Waals surface area (Å²) in [5.41, 5.74) is 7.01. The standard InChI is InChI=1S/C24H28N4O/c1-18-9-11-22(12-10-18)28-17-21(7-3-4-14-27-15-13-25-24(27)29)23(26-28)20-8-5-6-19(2)16-20/h5-6,8-12,16-17H,3-4,7,13-15H2,1-2H3,(H,25,29). The number of amides is 2. The van der Waals surface area contributed by atoms with E-state index in [4.69, 9.17) is 5.10 Å². The third-order valence-corrected chi connectivity index (χ3v) is 5.45. The van der Waals surface area contributed by atoms with E-state index in [1.165, 1.54) is 16.7 Å². The van der Waals surface area contributed by atoms with Crippen LogP contribution in [0.25, 0.3) is 16.9 Å². The lowest BCUT2D eigenvalue weighted by molar-refractivity contribution is 0.216. The zero-order chi connectivity index (χ0) is 20.2. The summed E-state index contributed by atoms with van der Waals surface area (Å²) in [7, 11) is 0.